The van der Waals surface area contributed by atoms with Crippen molar-refractivity contribution in [1.82, 2.24) is 9.88 Å². The zero-order chi connectivity index (χ0) is 16.4. The molecule has 4 rings (SSSR count). The average Bonchev–Trinajstić information content (AvgIpc) is 3.03. The van der Waals surface area contributed by atoms with Crippen LogP contribution in [-0.2, 0) is 6.54 Å². The van der Waals surface area contributed by atoms with E-state index in [9.17, 15) is 0 Å². The Bertz CT molecular complexity index is 835. The van der Waals surface area contributed by atoms with Crippen LogP contribution in [0.2, 0.25) is 0 Å². The summed E-state index contributed by atoms with van der Waals surface area (Å²) in [6.45, 7) is 2.97. The van der Waals surface area contributed by atoms with Crippen molar-refractivity contribution in [2.45, 2.75) is 19.1 Å². The summed E-state index contributed by atoms with van der Waals surface area (Å²) in [6, 6.07) is 20.4. The second kappa shape index (κ2) is 6.49. The van der Waals surface area contributed by atoms with Crippen LogP contribution in [0.25, 0.3) is 10.9 Å². The van der Waals surface area contributed by atoms with E-state index in [0.717, 1.165) is 42.7 Å². The number of pyridine rings is 1. The summed E-state index contributed by atoms with van der Waals surface area (Å²) in [5, 5.41) is 1.06. The lowest BCUT2D eigenvalue weighted by atomic mass is 10.2. The Labute approximate surface area is 141 Å². The van der Waals surface area contributed by atoms with Crippen molar-refractivity contribution in [1.29, 1.82) is 0 Å². The summed E-state index contributed by atoms with van der Waals surface area (Å²) >= 11 is 0. The number of fused-ring (bicyclic) bond motifs is 1. The van der Waals surface area contributed by atoms with Gasteiger partial charge >= 0.3 is 0 Å². The van der Waals surface area contributed by atoms with Crippen LogP contribution in [0.15, 0.2) is 60.7 Å². The largest absolute Gasteiger partial charge is 0.487 e. The molecule has 1 aromatic heterocycles. The Morgan fingerprint density at radius 3 is 2.79 bits per heavy atom. The Morgan fingerprint density at radius 1 is 1.04 bits per heavy atom. The molecule has 1 aliphatic rings. The quantitative estimate of drug-likeness (QED) is 0.800. The first kappa shape index (κ1) is 15.0. The van der Waals surface area contributed by atoms with Gasteiger partial charge in [-0.2, -0.15) is 0 Å². The van der Waals surface area contributed by atoms with Crippen LogP contribution in [0.3, 0.4) is 0 Å². The van der Waals surface area contributed by atoms with Crippen LogP contribution in [-0.4, -0.2) is 29.1 Å². The number of hydrogen-bond acceptors (Lipinski definition) is 4. The monoisotopic (exact) mass is 319 g/mol. The van der Waals surface area contributed by atoms with Crippen molar-refractivity contribution in [2.75, 3.05) is 18.8 Å². The number of para-hydroxylation sites is 1. The highest BCUT2D eigenvalue weighted by atomic mass is 16.5. The van der Waals surface area contributed by atoms with Gasteiger partial charge in [0.1, 0.15) is 23.2 Å². The van der Waals surface area contributed by atoms with E-state index in [0.29, 0.717) is 5.82 Å². The molecule has 1 aliphatic heterocycles. The molecule has 24 heavy (non-hydrogen) atoms. The van der Waals surface area contributed by atoms with Gasteiger partial charge in [0.05, 0.1) is 0 Å². The van der Waals surface area contributed by atoms with Crippen LogP contribution in [0.4, 0.5) is 5.82 Å². The van der Waals surface area contributed by atoms with Crippen molar-refractivity contribution >= 4 is 16.7 Å². The predicted octanol–water partition coefficient (Wildman–Crippen LogP) is 3.47. The van der Waals surface area contributed by atoms with E-state index in [4.69, 9.17) is 10.5 Å². The molecule has 0 unspecified atom stereocenters. The van der Waals surface area contributed by atoms with Crippen molar-refractivity contribution in [2.24, 2.45) is 0 Å². The number of anilines is 1. The second-order valence-corrected chi connectivity index (χ2v) is 6.31. The van der Waals surface area contributed by atoms with Crippen molar-refractivity contribution in [3.8, 4) is 5.75 Å². The molecule has 0 radical (unpaired) electrons. The second-order valence-electron chi connectivity index (χ2n) is 6.31. The Balaban J connectivity index is 1.46. The minimum Gasteiger partial charge on any atom is -0.487 e. The fraction of sp³-hybridized carbons (Fsp3) is 0.250. The number of likely N-dealkylation sites (tertiary alicyclic amines) is 1. The maximum atomic E-state index is 6.25. The molecule has 4 nitrogen and oxygen atoms in total. The van der Waals surface area contributed by atoms with Gasteiger partial charge < -0.3 is 10.5 Å². The standard InChI is InChI=1S/C20H21N3O/c21-19-10-9-16-7-4-8-18(20(16)22-19)24-17-11-12-23(14-17)13-15-5-2-1-3-6-15/h1-10,17H,11-14H2,(H2,21,22)/t17-/m0/s1. The number of ether oxygens (including phenoxy) is 1. The third-order valence-electron chi connectivity index (χ3n) is 4.48. The number of rotatable bonds is 4. The van der Waals surface area contributed by atoms with Crippen LogP contribution >= 0.6 is 0 Å². The number of benzene rings is 2. The van der Waals surface area contributed by atoms with E-state index >= 15 is 0 Å². The van der Waals surface area contributed by atoms with Gasteiger partial charge in [-0.15, -0.1) is 0 Å². The van der Waals surface area contributed by atoms with Gasteiger partial charge in [-0.3, -0.25) is 4.90 Å². The highest BCUT2D eigenvalue weighted by molar-refractivity contribution is 5.85. The maximum Gasteiger partial charge on any atom is 0.146 e. The number of aromatic nitrogens is 1. The molecule has 1 saturated heterocycles. The van der Waals surface area contributed by atoms with E-state index in [-0.39, 0.29) is 6.10 Å². The van der Waals surface area contributed by atoms with Crippen molar-refractivity contribution in [3.63, 3.8) is 0 Å². The van der Waals surface area contributed by atoms with E-state index < -0.39 is 0 Å². The zero-order valence-corrected chi connectivity index (χ0v) is 13.6. The van der Waals surface area contributed by atoms with Crippen LogP contribution in [0, 0.1) is 0 Å². The highest BCUT2D eigenvalue weighted by Crippen LogP contribution is 2.27. The fourth-order valence-electron chi connectivity index (χ4n) is 3.29. The lowest BCUT2D eigenvalue weighted by Gasteiger charge is -2.17. The molecular formula is C20H21N3O. The number of nitrogens with zero attached hydrogens (tertiary/aromatic N) is 2. The summed E-state index contributed by atoms with van der Waals surface area (Å²) < 4.78 is 6.25. The molecule has 0 aliphatic carbocycles. The molecule has 122 valence electrons. The summed E-state index contributed by atoms with van der Waals surface area (Å²) in [4.78, 5) is 6.88. The third-order valence-corrected chi connectivity index (χ3v) is 4.48. The molecule has 4 heteroatoms. The van der Waals surface area contributed by atoms with Gasteiger partial charge in [0.15, 0.2) is 0 Å². The van der Waals surface area contributed by atoms with Crippen molar-refractivity contribution in [3.05, 3.63) is 66.2 Å². The fourth-order valence-corrected chi connectivity index (χ4v) is 3.29. The van der Waals surface area contributed by atoms with Gasteiger partial charge in [0.25, 0.3) is 0 Å². The summed E-state index contributed by atoms with van der Waals surface area (Å²) in [5.74, 6) is 1.35. The zero-order valence-electron chi connectivity index (χ0n) is 13.6. The van der Waals surface area contributed by atoms with Gasteiger partial charge in [-0.05, 0) is 30.2 Å². The van der Waals surface area contributed by atoms with Crippen LogP contribution < -0.4 is 10.5 Å². The van der Waals surface area contributed by atoms with Gasteiger partial charge in [-0.25, -0.2) is 4.98 Å². The molecule has 2 heterocycles. The molecule has 0 amide bonds. The molecule has 1 atom stereocenters. The van der Waals surface area contributed by atoms with Crippen molar-refractivity contribution < 1.29 is 4.74 Å². The molecular weight excluding hydrogens is 298 g/mol. The lowest BCUT2D eigenvalue weighted by Crippen LogP contribution is -2.24. The predicted molar refractivity (Wildman–Crippen MR) is 96.9 cm³/mol. The van der Waals surface area contributed by atoms with E-state index in [1.165, 1.54) is 5.56 Å². The third kappa shape index (κ3) is 3.19. The first-order valence-electron chi connectivity index (χ1n) is 8.36. The Kier molecular flexibility index (Phi) is 4.05. The molecule has 0 bridgehead atoms. The van der Waals surface area contributed by atoms with Gasteiger partial charge in [0.2, 0.25) is 0 Å². The molecule has 3 aromatic rings. The first-order chi connectivity index (χ1) is 11.8. The molecule has 0 spiro atoms. The van der Waals surface area contributed by atoms with E-state index in [1.807, 2.05) is 30.3 Å². The van der Waals surface area contributed by atoms with E-state index in [1.54, 1.807) is 0 Å². The van der Waals surface area contributed by atoms with Crippen LogP contribution in [0.1, 0.15) is 12.0 Å². The average molecular weight is 319 g/mol. The summed E-state index contributed by atoms with van der Waals surface area (Å²) in [7, 11) is 0. The van der Waals surface area contributed by atoms with Gasteiger partial charge in [0, 0.05) is 25.0 Å². The smallest absolute Gasteiger partial charge is 0.146 e. The number of nitrogens with two attached hydrogens (primary N) is 1. The molecule has 2 N–H and O–H groups in total. The minimum absolute atomic E-state index is 0.197. The van der Waals surface area contributed by atoms with Crippen LogP contribution in [0.5, 0.6) is 5.75 Å². The summed E-state index contributed by atoms with van der Waals surface area (Å²) in [6.07, 6.45) is 1.23. The minimum atomic E-state index is 0.197. The van der Waals surface area contributed by atoms with Gasteiger partial charge in [-0.1, -0.05) is 42.5 Å². The lowest BCUT2D eigenvalue weighted by molar-refractivity contribution is 0.200. The highest BCUT2D eigenvalue weighted by Gasteiger charge is 2.24. The number of hydrogen-bond donors (Lipinski definition) is 1. The SMILES string of the molecule is Nc1ccc2cccc(O[C@H]3CCN(Cc4ccccc4)C3)c2n1. The number of nitrogen functional groups attached to an aromatic ring is 1. The Morgan fingerprint density at radius 2 is 1.92 bits per heavy atom. The maximum absolute atomic E-state index is 6.25. The molecule has 1 fully saturated rings. The van der Waals surface area contributed by atoms with E-state index in [2.05, 4.69) is 40.2 Å². The summed E-state index contributed by atoms with van der Waals surface area (Å²) in [5.41, 5.74) is 8.03. The molecule has 0 saturated carbocycles. The normalized spacial score (nSPS) is 18.1. The molecule has 2 aromatic carbocycles. The topological polar surface area (TPSA) is 51.4 Å². The Hall–Kier alpha value is -2.59. The first-order valence-corrected chi connectivity index (χ1v) is 8.36.